The maximum absolute atomic E-state index is 5.80. The molecule has 17 heavy (non-hydrogen) atoms. The van der Waals surface area contributed by atoms with Crippen LogP contribution in [0, 0.1) is 0 Å². The zero-order valence-electron chi connectivity index (χ0n) is 9.97. The van der Waals surface area contributed by atoms with Crippen LogP contribution in [0.3, 0.4) is 0 Å². The van der Waals surface area contributed by atoms with Gasteiger partial charge in [-0.05, 0) is 25.0 Å². The molecule has 2 heterocycles. The standard InChI is InChI=1S/C13H18N4/c14-9-11-7-4-8-12-15-16-13(17(11)12)10-5-2-1-3-6-10/h4,7-8,10H,1-3,5-6,9,14H2. The second-order valence-corrected chi connectivity index (χ2v) is 4.81. The average Bonchev–Trinajstić information content (AvgIpc) is 2.83. The first-order valence-corrected chi connectivity index (χ1v) is 6.43. The molecule has 2 N–H and O–H groups in total. The number of hydrogen-bond acceptors (Lipinski definition) is 3. The fourth-order valence-electron chi connectivity index (χ4n) is 2.82. The van der Waals surface area contributed by atoms with Crippen molar-refractivity contribution >= 4 is 5.65 Å². The molecule has 4 heteroatoms. The highest BCUT2D eigenvalue weighted by Crippen LogP contribution is 2.32. The zero-order chi connectivity index (χ0) is 11.7. The Balaban J connectivity index is 2.09. The highest BCUT2D eigenvalue weighted by Gasteiger charge is 2.21. The third kappa shape index (κ3) is 1.82. The molecule has 0 atom stereocenters. The minimum absolute atomic E-state index is 0.537. The summed E-state index contributed by atoms with van der Waals surface area (Å²) >= 11 is 0. The lowest BCUT2D eigenvalue weighted by molar-refractivity contribution is 0.425. The third-order valence-electron chi connectivity index (χ3n) is 3.71. The number of nitrogens with zero attached hydrogens (tertiary/aromatic N) is 3. The van der Waals surface area contributed by atoms with Gasteiger partial charge >= 0.3 is 0 Å². The molecule has 0 spiro atoms. The highest BCUT2D eigenvalue weighted by molar-refractivity contribution is 5.40. The fourth-order valence-corrected chi connectivity index (χ4v) is 2.82. The summed E-state index contributed by atoms with van der Waals surface area (Å²) in [6.07, 6.45) is 6.45. The van der Waals surface area contributed by atoms with E-state index < -0.39 is 0 Å². The summed E-state index contributed by atoms with van der Waals surface area (Å²) in [5, 5.41) is 8.64. The van der Waals surface area contributed by atoms with Crippen LogP contribution in [0.4, 0.5) is 0 Å². The summed E-state index contributed by atoms with van der Waals surface area (Å²) in [6.45, 7) is 0.537. The van der Waals surface area contributed by atoms with E-state index in [1.54, 1.807) is 0 Å². The number of rotatable bonds is 2. The summed E-state index contributed by atoms with van der Waals surface area (Å²) in [5.41, 5.74) is 7.83. The second kappa shape index (κ2) is 4.45. The topological polar surface area (TPSA) is 56.2 Å². The van der Waals surface area contributed by atoms with Gasteiger partial charge in [-0.3, -0.25) is 4.40 Å². The third-order valence-corrected chi connectivity index (χ3v) is 3.71. The quantitative estimate of drug-likeness (QED) is 0.860. The van der Waals surface area contributed by atoms with E-state index >= 15 is 0 Å². The molecule has 1 aliphatic carbocycles. The molecule has 3 rings (SSSR count). The van der Waals surface area contributed by atoms with E-state index in [4.69, 9.17) is 5.73 Å². The predicted octanol–water partition coefficient (Wildman–Crippen LogP) is 2.24. The highest BCUT2D eigenvalue weighted by atomic mass is 15.3. The van der Waals surface area contributed by atoms with E-state index in [9.17, 15) is 0 Å². The first kappa shape index (κ1) is 10.7. The van der Waals surface area contributed by atoms with Gasteiger partial charge in [-0.2, -0.15) is 0 Å². The largest absolute Gasteiger partial charge is 0.325 e. The van der Waals surface area contributed by atoms with Crippen LogP contribution in [0.2, 0.25) is 0 Å². The molecule has 90 valence electrons. The van der Waals surface area contributed by atoms with E-state index in [0.29, 0.717) is 12.5 Å². The van der Waals surface area contributed by atoms with Crippen molar-refractivity contribution in [3.63, 3.8) is 0 Å². The van der Waals surface area contributed by atoms with Crippen molar-refractivity contribution in [3.05, 3.63) is 29.7 Å². The Kier molecular flexibility index (Phi) is 2.81. The van der Waals surface area contributed by atoms with Gasteiger partial charge < -0.3 is 5.73 Å². The van der Waals surface area contributed by atoms with Crippen LogP contribution >= 0.6 is 0 Å². The molecule has 0 bridgehead atoms. The van der Waals surface area contributed by atoms with Gasteiger partial charge in [0.2, 0.25) is 0 Å². The van der Waals surface area contributed by atoms with Crippen molar-refractivity contribution < 1.29 is 0 Å². The first-order valence-electron chi connectivity index (χ1n) is 6.43. The minimum atomic E-state index is 0.537. The Morgan fingerprint density at radius 1 is 1.18 bits per heavy atom. The molecular formula is C13H18N4. The van der Waals surface area contributed by atoms with Crippen molar-refractivity contribution in [1.82, 2.24) is 14.6 Å². The molecule has 2 aromatic heterocycles. The smallest absolute Gasteiger partial charge is 0.161 e. The van der Waals surface area contributed by atoms with Gasteiger partial charge in [0.1, 0.15) is 5.82 Å². The summed E-state index contributed by atoms with van der Waals surface area (Å²) in [4.78, 5) is 0. The van der Waals surface area contributed by atoms with Crippen molar-refractivity contribution in [3.8, 4) is 0 Å². The second-order valence-electron chi connectivity index (χ2n) is 4.81. The van der Waals surface area contributed by atoms with E-state index in [0.717, 1.165) is 17.2 Å². The van der Waals surface area contributed by atoms with Gasteiger partial charge in [0.15, 0.2) is 5.65 Å². The maximum Gasteiger partial charge on any atom is 0.161 e. The molecule has 0 unspecified atom stereocenters. The summed E-state index contributed by atoms with van der Waals surface area (Å²) in [5.74, 6) is 1.67. The van der Waals surface area contributed by atoms with Crippen LogP contribution in [0.15, 0.2) is 18.2 Å². The van der Waals surface area contributed by atoms with E-state index in [1.165, 1.54) is 32.1 Å². The van der Waals surface area contributed by atoms with E-state index in [-0.39, 0.29) is 0 Å². The average molecular weight is 230 g/mol. The lowest BCUT2D eigenvalue weighted by Gasteiger charge is -2.20. The predicted molar refractivity (Wildman–Crippen MR) is 66.7 cm³/mol. The van der Waals surface area contributed by atoms with E-state index in [2.05, 4.69) is 20.7 Å². The molecule has 0 amide bonds. The monoisotopic (exact) mass is 230 g/mol. The van der Waals surface area contributed by atoms with Crippen LogP contribution in [0.5, 0.6) is 0 Å². The van der Waals surface area contributed by atoms with Crippen molar-refractivity contribution in [2.45, 2.75) is 44.6 Å². The number of hydrogen-bond donors (Lipinski definition) is 1. The van der Waals surface area contributed by atoms with Gasteiger partial charge in [0, 0.05) is 18.2 Å². The van der Waals surface area contributed by atoms with Gasteiger partial charge in [0.25, 0.3) is 0 Å². The van der Waals surface area contributed by atoms with Crippen LogP contribution in [0.1, 0.15) is 49.5 Å². The Hall–Kier alpha value is -1.42. The Morgan fingerprint density at radius 2 is 2.00 bits per heavy atom. The van der Waals surface area contributed by atoms with Gasteiger partial charge in [-0.1, -0.05) is 25.3 Å². The molecule has 0 aliphatic heterocycles. The summed E-state index contributed by atoms with van der Waals surface area (Å²) in [6, 6.07) is 6.05. The summed E-state index contributed by atoms with van der Waals surface area (Å²) < 4.78 is 2.15. The lowest BCUT2D eigenvalue weighted by Crippen LogP contribution is -2.12. The molecule has 1 fully saturated rings. The molecule has 1 aliphatic rings. The molecule has 1 saturated carbocycles. The van der Waals surface area contributed by atoms with Crippen LogP contribution in [-0.2, 0) is 6.54 Å². The zero-order valence-corrected chi connectivity index (χ0v) is 9.97. The number of nitrogens with two attached hydrogens (primary N) is 1. The molecule has 0 saturated heterocycles. The molecule has 0 radical (unpaired) electrons. The van der Waals surface area contributed by atoms with Crippen LogP contribution < -0.4 is 5.73 Å². The summed E-state index contributed by atoms with van der Waals surface area (Å²) in [7, 11) is 0. The van der Waals surface area contributed by atoms with E-state index in [1.807, 2.05) is 12.1 Å². The normalized spacial score (nSPS) is 17.7. The Labute approximate surface area is 101 Å². The van der Waals surface area contributed by atoms with Crippen LogP contribution in [0.25, 0.3) is 5.65 Å². The molecule has 0 aromatic carbocycles. The number of aromatic nitrogens is 3. The minimum Gasteiger partial charge on any atom is -0.325 e. The van der Waals surface area contributed by atoms with Gasteiger partial charge in [-0.25, -0.2) is 0 Å². The Morgan fingerprint density at radius 3 is 2.76 bits per heavy atom. The molecule has 2 aromatic rings. The van der Waals surface area contributed by atoms with Gasteiger partial charge in [-0.15, -0.1) is 10.2 Å². The molecular weight excluding hydrogens is 212 g/mol. The fraction of sp³-hybridized carbons (Fsp3) is 0.538. The van der Waals surface area contributed by atoms with Crippen molar-refractivity contribution in [1.29, 1.82) is 0 Å². The van der Waals surface area contributed by atoms with Gasteiger partial charge in [0.05, 0.1) is 0 Å². The number of pyridine rings is 1. The van der Waals surface area contributed by atoms with Crippen molar-refractivity contribution in [2.75, 3.05) is 0 Å². The van der Waals surface area contributed by atoms with Crippen LogP contribution in [-0.4, -0.2) is 14.6 Å². The lowest BCUT2D eigenvalue weighted by atomic mass is 9.88. The first-order chi connectivity index (χ1) is 8.40. The molecule has 4 nitrogen and oxygen atoms in total. The Bertz CT molecular complexity index is 511. The van der Waals surface area contributed by atoms with Crippen molar-refractivity contribution in [2.24, 2.45) is 5.73 Å². The SMILES string of the molecule is NCc1cccc2nnc(C3CCCCC3)n12. The maximum atomic E-state index is 5.80. The number of fused-ring (bicyclic) bond motifs is 1.